The number of benzene rings is 3. The van der Waals surface area contributed by atoms with E-state index >= 15 is 8.78 Å². The summed E-state index contributed by atoms with van der Waals surface area (Å²) in [6, 6.07) is 12.7. The molecule has 39 heavy (non-hydrogen) atoms. The van der Waals surface area contributed by atoms with Gasteiger partial charge in [-0.15, -0.1) is 0 Å². The molecule has 3 aromatic rings. The lowest BCUT2D eigenvalue weighted by atomic mass is 9.94. The van der Waals surface area contributed by atoms with Gasteiger partial charge in [-0.1, -0.05) is 93.6 Å². The Morgan fingerprint density at radius 1 is 0.692 bits per heavy atom. The molecule has 0 spiro atoms. The van der Waals surface area contributed by atoms with Gasteiger partial charge in [-0.2, -0.15) is 0 Å². The minimum Gasteiger partial charge on any atom is -0.348 e. The van der Waals surface area contributed by atoms with E-state index in [1.54, 1.807) is 48.5 Å². The van der Waals surface area contributed by atoms with Gasteiger partial charge in [-0.3, -0.25) is 0 Å². The molecule has 0 bridgehead atoms. The van der Waals surface area contributed by atoms with Crippen LogP contribution in [0.4, 0.5) is 17.6 Å². The van der Waals surface area contributed by atoms with E-state index in [0.29, 0.717) is 23.1 Å². The van der Waals surface area contributed by atoms with Gasteiger partial charge >= 0.3 is 0 Å². The van der Waals surface area contributed by atoms with Crippen LogP contribution in [0.25, 0.3) is 22.3 Å². The highest BCUT2D eigenvalue weighted by Gasteiger charge is 2.27. The second-order valence-corrected chi connectivity index (χ2v) is 10.1. The maximum Gasteiger partial charge on any atom is 0.176 e. The average molecular weight is 541 g/mol. The summed E-state index contributed by atoms with van der Waals surface area (Å²) in [5.74, 6) is -4.03. The Kier molecular flexibility index (Phi) is 10.4. The van der Waals surface area contributed by atoms with Crippen molar-refractivity contribution in [3.63, 3.8) is 0 Å². The van der Waals surface area contributed by atoms with Crippen molar-refractivity contribution in [1.29, 1.82) is 0 Å². The molecule has 0 saturated carbocycles. The van der Waals surface area contributed by atoms with Gasteiger partial charge in [0, 0.05) is 17.0 Å². The van der Waals surface area contributed by atoms with Crippen LogP contribution in [0.5, 0.6) is 0 Å². The predicted octanol–water partition coefficient (Wildman–Crippen LogP) is 9.51. The topological polar surface area (TPSA) is 18.5 Å². The van der Waals surface area contributed by atoms with Crippen molar-refractivity contribution >= 4 is 0 Å². The van der Waals surface area contributed by atoms with Crippen LogP contribution in [0, 0.1) is 23.3 Å². The molecular weight excluding hydrogens is 504 g/mol. The minimum absolute atomic E-state index is 0.0909. The summed E-state index contributed by atoms with van der Waals surface area (Å²) in [5.41, 5.74) is 1.71. The third-order valence-electron chi connectivity index (χ3n) is 7.29. The van der Waals surface area contributed by atoms with Crippen molar-refractivity contribution in [3.8, 4) is 22.3 Å². The van der Waals surface area contributed by atoms with Gasteiger partial charge in [0.2, 0.25) is 0 Å². The van der Waals surface area contributed by atoms with Crippen LogP contribution < -0.4 is 0 Å². The largest absolute Gasteiger partial charge is 0.348 e. The maximum absolute atomic E-state index is 15.1. The molecule has 0 amide bonds. The summed E-state index contributed by atoms with van der Waals surface area (Å²) in [5, 5.41) is 0. The van der Waals surface area contributed by atoms with Gasteiger partial charge in [0.1, 0.15) is 0 Å². The molecule has 0 unspecified atom stereocenters. The summed E-state index contributed by atoms with van der Waals surface area (Å²) >= 11 is 0. The van der Waals surface area contributed by atoms with Crippen molar-refractivity contribution in [2.24, 2.45) is 0 Å². The number of rotatable bonds is 11. The lowest BCUT2D eigenvalue weighted by Crippen LogP contribution is -2.30. The van der Waals surface area contributed by atoms with Crippen LogP contribution in [-0.4, -0.2) is 19.5 Å². The molecule has 0 aromatic heterocycles. The van der Waals surface area contributed by atoms with Gasteiger partial charge in [0.05, 0.1) is 13.2 Å². The summed E-state index contributed by atoms with van der Waals surface area (Å²) in [7, 11) is 0. The smallest absolute Gasteiger partial charge is 0.176 e. The van der Waals surface area contributed by atoms with Crippen LogP contribution in [-0.2, 0) is 15.9 Å². The number of hydrogen-bond donors (Lipinski definition) is 0. The minimum atomic E-state index is -0.966. The SMILES string of the molecule is CC=CC1OCC(c2ccc(-c3ccc(-c4ccc(CCCCCCCC)c(F)c4F)cc3)c(F)c2F)CO1. The fourth-order valence-corrected chi connectivity index (χ4v) is 5.00. The Morgan fingerprint density at radius 2 is 1.26 bits per heavy atom. The van der Waals surface area contributed by atoms with Crippen LogP contribution in [0.3, 0.4) is 0 Å². The van der Waals surface area contributed by atoms with Crippen molar-refractivity contribution in [3.05, 3.63) is 95.1 Å². The lowest BCUT2D eigenvalue weighted by Gasteiger charge is -2.28. The summed E-state index contributed by atoms with van der Waals surface area (Å²) in [6.45, 7) is 4.45. The molecule has 6 heteroatoms. The van der Waals surface area contributed by atoms with E-state index in [4.69, 9.17) is 9.47 Å². The van der Waals surface area contributed by atoms with Crippen molar-refractivity contribution in [2.75, 3.05) is 13.2 Å². The molecule has 1 saturated heterocycles. The maximum atomic E-state index is 15.1. The third kappa shape index (κ3) is 6.98. The highest BCUT2D eigenvalue weighted by atomic mass is 19.2. The molecular formula is C33H36F4O2. The van der Waals surface area contributed by atoms with E-state index in [1.807, 2.05) is 13.0 Å². The van der Waals surface area contributed by atoms with Gasteiger partial charge in [-0.05, 0) is 48.1 Å². The number of aryl methyl sites for hydroxylation is 1. The zero-order valence-corrected chi connectivity index (χ0v) is 22.6. The highest BCUT2D eigenvalue weighted by Crippen LogP contribution is 2.34. The molecule has 1 heterocycles. The van der Waals surface area contributed by atoms with Crippen molar-refractivity contribution in [2.45, 2.75) is 71.0 Å². The van der Waals surface area contributed by atoms with E-state index in [-0.39, 0.29) is 29.9 Å². The van der Waals surface area contributed by atoms with E-state index < -0.39 is 35.5 Å². The monoisotopic (exact) mass is 540 g/mol. The van der Waals surface area contributed by atoms with Crippen LogP contribution in [0.15, 0.2) is 60.7 Å². The molecule has 3 aromatic carbocycles. The Hall–Kier alpha value is -2.96. The molecule has 1 fully saturated rings. The number of ether oxygens (including phenoxy) is 2. The highest BCUT2D eigenvalue weighted by molar-refractivity contribution is 5.71. The summed E-state index contributed by atoms with van der Waals surface area (Å²) in [4.78, 5) is 0. The Bertz CT molecular complexity index is 1260. The Labute approximate surface area is 228 Å². The van der Waals surface area contributed by atoms with Crippen molar-refractivity contribution in [1.82, 2.24) is 0 Å². The van der Waals surface area contributed by atoms with Gasteiger partial charge in [0.25, 0.3) is 0 Å². The first-order valence-electron chi connectivity index (χ1n) is 13.9. The van der Waals surface area contributed by atoms with Crippen LogP contribution >= 0.6 is 0 Å². The van der Waals surface area contributed by atoms with Gasteiger partial charge < -0.3 is 9.47 Å². The summed E-state index contributed by atoms with van der Waals surface area (Å²) < 4.78 is 71.0. The molecule has 4 rings (SSSR count). The fourth-order valence-electron chi connectivity index (χ4n) is 5.00. The van der Waals surface area contributed by atoms with Crippen LogP contribution in [0.1, 0.15) is 69.4 Å². The Morgan fingerprint density at radius 3 is 1.87 bits per heavy atom. The van der Waals surface area contributed by atoms with Gasteiger partial charge in [-0.25, -0.2) is 17.6 Å². The molecule has 1 aliphatic heterocycles. The number of hydrogen-bond acceptors (Lipinski definition) is 2. The zero-order chi connectivity index (χ0) is 27.8. The first kappa shape index (κ1) is 29.0. The van der Waals surface area contributed by atoms with Crippen molar-refractivity contribution < 1.29 is 27.0 Å². The number of allylic oxidation sites excluding steroid dienone is 1. The van der Waals surface area contributed by atoms with E-state index in [2.05, 4.69) is 6.92 Å². The predicted molar refractivity (Wildman–Crippen MR) is 147 cm³/mol. The number of unbranched alkanes of at least 4 members (excludes halogenated alkanes) is 5. The first-order valence-corrected chi connectivity index (χ1v) is 13.9. The van der Waals surface area contributed by atoms with E-state index in [9.17, 15) is 8.78 Å². The fraction of sp³-hybridized carbons (Fsp3) is 0.394. The second kappa shape index (κ2) is 13.9. The normalized spacial score (nSPS) is 17.7. The molecule has 2 nitrogen and oxygen atoms in total. The molecule has 0 atom stereocenters. The average Bonchev–Trinajstić information content (AvgIpc) is 2.95. The molecule has 1 aliphatic rings. The first-order chi connectivity index (χ1) is 18.9. The van der Waals surface area contributed by atoms with Crippen LogP contribution in [0.2, 0.25) is 0 Å². The molecule has 0 aliphatic carbocycles. The lowest BCUT2D eigenvalue weighted by molar-refractivity contribution is -0.159. The second-order valence-electron chi connectivity index (χ2n) is 10.1. The molecule has 0 radical (unpaired) electrons. The zero-order valence-electron chi connectivity index (χ0n) is 22.6. The van der Waals surface area contributed by atoms with E-state index in [1.165, 1.54) is 25.3 Å². The Balaban J connectivity index is 1.45. The third-order valence-corrected chi connectivity index (χ3v) is 7.29. The van der Waals surface area contributed by atoms with Gasteiger partial charge in [0.15, 0.2) is 29.6 Å². The molecule has 0 N–H and O–H groups in total. The standard InChI is InChI=1S/C33H36F4O2/c1-3-5-6-7-8-9-11-24-16-17-26(31(35)30(24)34)22-12-14-23(15-13-22)27-18-19-28(33(37)32(27)36)25-20-38-29(10-4-2)39-21-25/h4,10,12-19,25,29H,3,5-9,11,20-21H2,1-2H3. The number of halogens is 4. The summed E-state index contributed by atoms with van der Waals surface area (Å²) in [6.07, 6.45) is 10.1. The quantitative estimate of drug-likeness (QED) is 0.137. The van der Waals surface area contributed by atoms with E-state index in [0.717, 1.165) is 19.3 Å². The molecule has 208 valence electrons.